The van der Waals surface area contributed by atoms with E-state index >= 15 is 0 Å². The van der Waals surface area contributed by atoms with Crippen LogP contribution in [0.25, 0.3) is 0 Å². The van der Waals surface area contributed by atoms with Gasteiger partial charge >= 0.3 is 6.09 Å². The highest BCUT2D eigenvalue weighted by atomic mass is 32.1. The second-order valence-corrected chi connectivity index (χ2v) is 6.96. The van der Waals surface area contributed by atoms with Crippen molar-refractivity contribution in [1.29, 1.82) is 0 Å². The van der Waals surface area contributed by atoms with E-state index in [-0.39, 0.29) is 11.7 Å². The molecule has 1 aromatic heterocycles. The van der Waals surface area contributed by atoms with Crippen LogP contribution < -0.4 is 0 Å². The number of ether oxygens (including phenoxy) is 1. The van der Waals surface area contributed by atoms with Gasteiger partial charge in [0, 0.05) is 31.9 Å². The van der Waals surface area contributed by atoms with Crippen LogP contribution >= 0.6 is 11.3 Å². The fraction of sp³-hybridized carbons (Fsp3) is 0.714. The maximum atomic E-state index is 11.6. The van der Waals surface area contributed by atoms with Crippen molar-refractivity contribution < 1.29 is 9.53 Å². The molecule has 1 spiro atoms. The van der Waals surface area contributed by atoms with Crippen LogP contribution in [-0.4, -0.2) is 59.7 Å². The summed E-state index contributed by atoms with van der Waals surface area (Å²) in [6.45, 7) is 5.69. The van der Waals surface area contributed by atoms with Crippen molar-refractivity contribution in [2.75, 3.05) is 33.2 Å². The zero-order valence-corrected chi connectivity index (χ0v) is 12.9. The SMILES string of the molecule is Cc1nc(CCN2CCC[C@@]3(C2)CN(C)C(=O)O3)cs1. The highest BCUT2D eigenvalue weighted by molar-refractivity contribution is 7.09. The molecule has 1 atom stereocenters. The van der Waals surface area contributed by atoms with E-state index in [2.05, 4.69) is 15.3 Å². The number of aryl methyl sites for hydroxylation is 1. The number of aromatic nitrogens is 1. The molecule has 0 saturated carbocycles. The summed E-state index contributed by atoms with van der Waals surface area (Å²) in [6.07, 6.45) is 2.87. The first-order valence-corrected chi connectivity index (χ1v) is 8.02. The Morgan fingerprint density at radius 2 is 2.35 bits per heavy atom. The Hall–Kier alpha value is -1.14. The summed E-state index contributed by atoms with van der Waals surface area (Å²) in [5, 5.41) is 3.26. The van der Waals surface area contributed by atoms with E-state index in [1.807, 2.05) is 14.0 Å². The molecule has 0 unspecified atom stereocenters. The van der Waals surface area contributed by atoms with E-state index < -0.39 is 0 Å². The summed E-state index contributed by atoms with van der Waals surface area (Å²) in [7, 11) is 1.81. The molecule has 0 aromatic carbocycles. The second-order valence-electron chi connectivity index (χ2n) is 5.89. The Labute approximate surface area is 123 Å². The number of thiazole rings is 1. The number of hydrogen-bond acceptors (Lipinski definition) is 5. The van der Waals surface area contributed by atoms with Crippen molar-refractivity contribution in [3.05, 3.63) is 16.1 Å². The Balaban J connectivity index is 1.57. The summed E-state index contributed by atoms with van der Waals surface area (Å²) < 4.78 is 5.62. The molecule has 5 nitrogen and oxygen atoms in total. The molecule has 6 heteroatoms. The van der Waals surface area contributed by atoms with Crippen molar-refractivity contribution in [2.45, 2.75) is 31.8 Å². The Kier molecular flexibility index (Phi) is 3.69. The summed E-state index contributed by atoms with van der Waals surface area (Å²) in [5.74, 6) is 0. The number of nitrogens with zero attached hydrogens (tertiary/aromatic N) is 3. The lowest BCUT2D eigenvalue weighted by atomic mass is 9.92. The van der Waals surface area contributed by atoms with E-state index in [9.17, 15) is 4.79 Å². The van der Waals surface area contributed by atoms with Crippen LogP contribution in [0.15, 0.2) is 5.38 Å². The minimum absolute atomic E-state index is 0.179. The average molecular weight is 295 g/mol. The van der Waals surface area contributed by atoms with Crippen molar-refractivity contribution in [3.63, 3.8) is 0 Å². The molecule has 1 amide bonds. The molecule has 0 radical (unpaired) electrons. The quantitative estimate of drug-likeness (QED) is 0.854. The van der Waals surface area contributed by atoms with Gasteiger partial charge in [-0.15, -0.1) is 11.3 Å². The van der Waals surface area contributed by atoms with Gasteiger partial charge in [-0.05, 0) is 26.3 Å². The summed E-state index contributed by atoms with van der Waals surface area (Å²) in [4.78, 5) is 20.2. The van der Waals surface area contributed by atoms with Crippen molar-refractivity contribution in [3.8, 4) is 0 Å². The molecule has 0 N–H and O–H groups in total. The number of piperidine rings is 1. The van der Waals surface area contributed by atoms with Gasteiger partial charge in [0.1, 0.15) is 5.60 Å². The van der Waals surface area contributed by atoms with Gasteiger partial charge < -0.3 is 9.64 Å². The van der Waals surface area contributed by atoms with Crippen LogP contribution in [0.4, 0.5) is 4.79 Å². The highest BCUT2D eigenvalue weighted by Crippen LogP contribution is 2.31. The third-order valence-corrected chi connectivity index (χ3v) is 4.93. The molecule has 2 saturated heterocycles. The molecule has 0 bridgehead atoms. The largest absolute Gasteiger partial charge is 0.440 e. The molecule has 110 valence electrons. The Morgan fingerprint density at radius 3 is 3.00 bits per heavy atom. The van der Waals surface area contributed by atoms with Gasteiger partial charge in [-0.2, -0.15) is 0 Å². The van der Waals surface area contributed by atoms with E-state index in [1.54, 1.807) is 16.2 Å². The topological polar surface area (TPSA) is 45.7 Å². The number of carbonyl (C=O) groups excluding carboxylic acids is 1. The Morgan fingerprint density at radius 1 is 1.50 bits per heavy atom. The molecule has 2 aliphatic rings. The lowest BCUT2D eigenvalue weighted by Crippen LogP contribution is -2.50. The monoisotopic (exact) mass is 295 g/mol. The molecule has 20 heavy (non-hydrogen) atoms. The number of rotatable bonds is 3. The van der Waals surface area contributed by atoms with Crippen LogP contribution in [0.2, 0.25) is 0 Å². The standard InChI is InChI=1S/C14H21N3O2S/c1-11-15-12(8-20-11)4-7-17-6-3-5-14(10-17)9-16(2)13(18)19-14/h8H,3-7,9-10H2,1-2H3/t14-/m0/s1. The lowest BCUT2D eigenvalue weighted by Gasteiger charge is -2.38. The van der Waals surface area contributed by atoms with Crippen LogP contribution in [0.1, 0.15) is 23.5 Å². The number of hydrogen-bond donors (Lipinski definition) is 0. The zero-order valence-electron chi connectivity index (χ0n) is 12.1. The second kappa shape index (κ2) is 5.33. The van der Waals surface area contributed by atoms with Gasteiger partial charge in [-0.25, -0.2) is 9.78 Å². The highest BCUT2D eigenvalue weighted by Gasteiger charge is 2.46. The summed E-state index contributed by atoms with van der Waals surface area (Å²) in [5.41, 5.74) is 0.898. The lowest BCUT2D eigenvalue weighted by molar-refractivity contribution is -0.00839. The van der Waals surface area contributed by atoms with Crippen LogP contribution in [0, 0.1) is 6.92 Å². The first kappa shape index (κ1) is 13.8. The van der Waals surface area contributed by atoms with Crippen LogP contribution in [0.3, 0.4) is 0 Å². The maximum Gasteiger partial charge on any atom is 0.410 e. The minimum atomic E-state index is -0.276. The number of likely N-dealkylation sites (tertiary alicyclic amines) is 1. The van der Waals surface area contributed by atoms with Gasteiger partial charge in [-0.3, -0.25) is 4.90 Å². The van der Waals surface area contributed by atoms with Crippen molar-refractivity contribution >= 4 is 17.4 Å². The third kappa shape index (κ3) is 2.81. The minimum Gasteiger partial charge on any atom is -0.440 e. The van der Waals surface area contributed by atoms with E-state index in [0.717, 1.165) is 50.4 Å². The fourth-order valence-corrected chi connectivity index (χ4v) is 3.83. The van der Waals surface area contributed by atoms with E-state index in [4.69, 9.17) is 4.74 Å². The smallest absolute Gasteiger partial charge is 0.410 e. The van der Waals surface area contributed by atoms with Crippen molar-refractivity contribution in [2.24, 2.45) is 0 Å². The number of amides is 1. The predicted octanol–water partition coefficient (Wildman–Crippen LogP) is 1.91. The molecule has 2 aliphatic heterocycles. The number of carbonyl (C=O) groups is 1. The number of likely N-dealkylation sites (N-methyl/N-ethyl adjacent to an activating group) is 1. The maximum absolute atomic E-state index is 11.6. The predicted molar refractivity (Wildman–Crippen MR) is 78.1 cm³/mol. The molecule has 2 fully saturated rings. The molecular formula is C14H21N3O2S. The molecule has 0 aliphatic carbocycles. The average Bonchev–Trinajstić information content (AvgIpc) is 2.92. The molecule has 3 heterocycles. The third-order valence-electron chi connectivity index (χ3n) is 4.11. The summed E-state index contributed by atoms with van der Waals surface area (Å²) >= 11 is 1.70. The molecule has 3 rings (SSSR count). The van der Waals surface area contributed by atoms with Gasteiger partial charge in [0.05, 0.1) is 17.2 Å². The van der Waals surface area contributed by atoms with Gasteiger partial charge in [0.25, 0.3) is 0 Å². The van der Waals surface area contributed by atoms with Gasteiger partial charge in [-0.1, -0.05) is 0 Å². The van der Waals surface area contributed by atoms with Gasteiger partial charge in [0.15, 0.2) is 0 Å². The normalized spacial score (nSPS) is 27.3. The van der Waals surface area contributed by atoms with Crippen molar-refractivity contribution in [1.82, 2.24) is 14.8 Å². The van der Waals surface area contributed by atoms with Crippen LogP contribution in [0.5, 0.6) is 0 Å². The zero-order chi connectivity index (χ0) is 14.2. The summed E-state index contributed by atoms with van der Waals surface area (Å²) in [6, 6.07) is 0. The van der Waals surface area contributed by atoms with E-state index in [1.165, 1.54) is 5.69 Å². The van der Waals surface area contributed by atoms with E-state index in [0.29, 0.717) is 0 Å². The first-order valence-electron chi connectivity index (χ1n) is 7.14. The Bertz CT molecular complexity index is 504. The fourth-order valence-electron chi connectivity index (χ4n) is 3.18. The first-order chi connectivity index (χ1) is 9.56. The van der Waals surface area contributed by atoms with Crippen LogP contribution in [-0.2, 0) is 11.2 Å². The molecular weight excluding hydrogens is 274 g/mol. The van der Waals surface area contributed by atoms with Gasteiger partial charge in [0.2, 0.25) is 0 Å². The molecule has 1 aromatic rings.